The van der Waals surface area contributed by atoms with Crippen molar-refractivity contribution in [1.82, 2.24) is 10.0 Å². The average molecular weight is 328 g/mol. The maximum Gasteiger partial charge on any atom is 0.332 e. The van der Waals surface area contributed by atoms with Gasteiger partial charge >= 0.3 is 6.03 Å². The van der Waals surface area contributed by atoms with Crippen molar-refractivity contribution in [3.8, 4) is 5.75 Å². The van der Waals surface area contributed by atoms with Crippen molar-refractivity contribution in [3.05, 3.63) is 60.4 Å². The summed E-state index contributed by atoms with van der Waals surface area (Å²) in [5.74, 6) is -0.549. The Morgan fingerprint density at radius 3 is 2.57 bits per heavy atom. The molecule has 0 fully saturated rings. The van der Waals surface area contributed by atoms with Gasteiger partial charge in [0.1, 0.15) is 11.3 Å². The normalized spacial score (nSPS) is 10.4. The number of phenols is 1. The summed E-state index contributed by atoms with van der Waals surface area (Å²) >= 11 is 0.902. The van der Waals surface area contributed by atoms with Gasteiger partial charge < -0.3 is 9.52 Å². The van der Waals surface area contributed by atoms with Crippen LogP contribution >= 0.6 is 11.9 Å². The highest BCUT2D eigenvalue weighted by Gasteiger charge is 2.15. The second-order valence-electron chi connectivity index (χ2n) is 4.60. The molecule has 3 N–H and O–H groups in total. The number of benzene rings is 2. The number of fused-ring (bicyclic) bond motifs is 1. The zero-order chi connectivity index (χ0) is 16.2. The lowest BCUT2D eigenvalue weighted by atomic mass is 10.2. The predicted molar refractivity (Wildman–Crippen MR) is 86.2 cm³/mol. The Morgan fingerprint density at radius 2 is 1.78 bits per heavy atom. The number of aromatic hydroxyl groups is 1. The van der Waals surface area contributed by atoms with E-state index in [2.05, 4.69) is 10.0 Å². The summed E-state index contributed by atoms with van der Waals surface area (Å²) in [7, 11) is 0. The number of nitrogens with one attached hydrogen (secondary N) is 2. The van der Waals surface area contributed by atoms with Crippen LogP contribution in [0.5, 0.6) is 5.75 Å². The Hall–Kier alpha value is -2.93. The molecule has 116 valence electrons. The van der Waals surface area contributed by atoms with Crippen LogP contribution in [0.2, 0.25) is 0 Å². The van der Waals surface area contributed by atoms with Gasteiger partial charge in [-0.15, -0.1) is 0 Å². The molecule has 0 saturated heterocycles. The lowest BCUT2D eigenvalue weighted by molar-refractivity contribution is 0.0940. The van der Waals surface area contributed by atoms with E-state index in [-0.39, 0.29) is 11.5 Å². The molecule has 3 amide bonds. The van der Waals surface area contributed by atoms with Crippen LogP contribution in [-0.4, -0.2) is 17.0 Å². The van der Waals surface area contributed by atoms with E-state index in [9.17, 15) is 14.7 Å². The van der Waals surface area contributed by atoms with E-state index in [0.29, 0.717) is 10.5 Å². The van der Waals surface area contributed by atoms with Gasteiger partial charge in [0.2, 0.25) is 0 Å². The quantitative estimate of drug-likeness (QED) is 0.642. The summed E-state index contributed by atoms with van der Waals surface area (Å²) in [6, 6.07) is 14.6. The van der Waals surface area contributed by atoms with Crippen LogP contribution in [0.3, 0.4) is 0 Å². The molecule has 0 saturated carbocycles. The van der Waals surface area contributed by atoms with E-state index in [1.807, 2.05) is 12.1 Å². The van der Waals surface area contributed by atoms with Crippen molar-refractivity contribution in [2.24, 2.45) is 0 Å². The summed E-state index contributed by atoms with van der Waals surface area (Å²) in [5.41, 5.74) is 0.571. The van der Waals surface area contributed by atoms with E-state index >= 15 is 0 Å². The van der Waals surface area contributed by atoms with E-state index < -0.39 is 11.9 Å². The molecule has 23 heavy (non-hydrogen) atoms. The third-order valence-corrected chi connectivity index (χ3v) is 3.85. The third-order valence-electron chi connectivity index (χ3n) is 3.00. The molecule has 1 heterocycles. The molecular weight excluding hydrogens is 316 g/mol. The van der Waals surface area contributed by atoms with Gasteiger partial charge in [0, 0.05) is 5.39 Å². The van der Waals surface area contributed by atoms with Crippen molar-refractivity contribution in [1.29, 1.82) is 0 Å². The minimum absolute atomic E-state index is 0.0430. The molecule has 0 aliphatic rings. The van der Waals surface area contributed by atoms with Crippen LogP contribution in [0.15, 0.2) is 63.9 Å². The fourth-order valence-electron chi connectivity index (χ4n) is 1.93. The summed E-state index contributed by atoms with van der Waals surface area (Å²) < 4.78 is 7.79. The van der Waals surface area contributed by atoms with Crippen LogP contribution in [0, 0.1) is 0 Å². The molecule has 7 heteroatoms. The number of hydrogen-bond acceptors (Lipinski definition) is 5. The van der Waals surface area contributed by atoms with Crippen LogP contribution in [0.4, 0.5) is 4.79 Å². The smallest absolute Gasteiger partial charge is 0.332 e. The molecule has 0 unspecified atom stereocenters. The molecule has 0 radical (unpaired) electrons. The van der Waals surface area contributed by atoms with Gasteiger partial charge in [-0.05, 0) is 36.2 Å². The first-order valence-electron chi connectivity index (χ1n) is 6.68. The van der Waals surface area contributed by atoms with Crippen LogP contribution < -0.4 is 10.0 Å². The van der Waals surface area contributed by atoms with E-state index in [1.165, 1.54) is 6.07 Å². The Bertz CT molecular complexity index is 842. The standard InChI is InChI=1S/C16H12N2O4S/c19-11-6-2-4-8-14(11)23-18-16(21)17-15(20)13-9-10-5-1-3-7-12(10)22-13/h1-9,19H,(H2,17,18,20,21). The summed E-state index contributed by atoms with van der Waals surface area (Å²) in [5, 5.41) is 12.5. The fourth-order valence-corrected chi connectivity index (χ4v) is 2.50. The molecule has 0 aliphatic heterocycles. The first-order valence-corrected chi connectivity index (χ1v) is 7.50. The van der Waals surface area contributed by atoms with Gasteiger partial charge in [0.25, 0.3) is 5.91 Å². The fraction of sp³-hybridized carbons (Fsp3) is 0. The number of hydrogen-bond donors (Lipinski definition) is 3. The molecule has 0 atom stereocenters. The number of carbonyl (C=O) groups is 2. The maximum absolute atomic E-state index is 12.0. The first kappa shape index (κ1) is 15.0. The predicted octanol–water partition coefficient (Wildman–Crippen LogP) is 3.29. The Kier molecular flexibility index (Phi) is 4.20. The Labute approximate surface area is 135 Å². The first-order chi connectivity index (χ1) is 11.1. The zero-order valence-electron chi connectivity index (χ0n) is 11.8. The number of carbonyl (C=O) groups excluding carboxylic acids is 2. The van der Waals surface area contributed by atoms with Crippen LogP contribution in [0.25, 0.3) is 11.0 Å². The van der Waals surface area contributed by atoms with Crippen molar-refractivity contribution < 1.29 is 19.1 Å². The summed E-state index contributed by atoms with van der Waals surface area (Å²) in [6.07, 6.45) is 0. The number of furan rings is 1. The van der Waals surface area contributed by atoms with E-state index in [0.717, 1.165) is 17.3 Å². The minimum Gasteiger partial charge on any atom is -0.507 e. The second-order valence-corrected chi connectivity index (χ2v) is 5.45. The summed E-state index contributed by atoms with van der Waals surface area (Å²) in [6.45, 7) is 0. The largest absolute Gasteiger partial charge is 0.507 e. The lowest BCUT2D eigenvalue weighted by Gasteiger charge is -2.05. The number of phenolic OH excluding ortho intramolecular Hbond substituents is 1. The number of imide groups is 1. The third kappa shape index (κ3) is 3.46. The SMILES string of the molecule is O=C(NSc1ccccc1O)NC(=O)c1cc2ccccc2o1. The molecule has 3 aromatic rings. The van der Waals surface area contributed by atoms with Crippen LogP contribution in [-0.2, 0) is 0 Å². The molecule has 6 nitrogen and oxygen atoms in total. The van der Waals surface area contributed by atoms with Crippen LogP contribution in [0.1, 0.15) is 10.6 Å². The lowest BCUT2D eigenvalue weighted by Crippen LogP contribution is -2.36. The highest BCUT2D eigenvalue weighted by atomic mass is 32.2. The molecule has 1 aromatic heterocycles. The van der Waals surface area contributed by atoms with Gasteiger partial charge in [-0.1, -0.05) is 30.3 Å². The maximum atomic E-state index is 12.0. The molecule has 0 bridgehead atoms. The number of urea groups is 1. The second kappa shape index (κ2) is 6.45. The van der Waals surface area contributed by atoms with E-state index in [4.69, 9.17) is 4.42 Å². The van der Waals surface area contributed by atoms with Crippen molar-refractivity contribution in [2.75, 3.05) is 0 Å². The van der Waals surface area contributed by atoms with Gasteiger partial charge in [-0.3, -0.25) is 14.8 Å². The van der Waals surface area contributed by atoms with Crippen molar-refractivity contribution >= 4 is 34.9 Å². The Morgan fingerprint density at radius 1 is 1.04 bits per heavy atom. The highest BCUT2D eigenvalue weighted by Crippen LogP contribution is 2.25. The molecule has 2 aromatic carbocycles. The minimum atomic E-state index is -0.705. The average Bonchev–Trinajstić information content (AvgIpc) is 2.98. The molecule has 3 rings (SSSR count). The molecule has 0 spiro atoms. The van der Waals surface area contributed by atoms with E-state index in [1.54, 1.807) is 36.4 Å². The summed E-state index contributed by atoms with van der Waals surface area (Å²) in [4.78, 5) is 24.2. The molecule has 0 aliphatic carbocycles. The number of amides is 3. The van der Waals surface area contributed by atoms with Gasteiger partial charge in [-0.25, -0.2) is 4.79 Å². The Balaban J connectivity index is 1.61. The monoisotopic (exact) mass is 328 g/mol. The number of rotatable bonds is 3. The molecular formula is C16H12N2O4S. The zero-order valence-corrected chi connectivity index (χ0v) is 12.6. The van der Waals surface area contributed by atoms with Crippen molar-refractivity contribution in [3.63, 3.8) is 0 Å². The highest BCUT2D eigenvalue weighted by molar-refractivity contribution is 7.98. The topological polar surface area (TPSA) is 91.6 Å². The van der Waals surface area contributed by atoms with Gasteiger partial charge in [0.15, 0.2) is 5.76 Å². The van der Waals surface area contributed by atoms with Gasteiger partial charge in [-0.2, -0.15) is 0 Å². The van der Waals surface area contributed by atoms with Crippen molar-refractivity contribution in [2.45, 2.75) is 4.90 Å². The van der Waals surface area contributed by atoms with Gasteiger partial charge in [0.05, 0.1) is 4.90 Å². The number of para-hydroxylation sites is 2.